The maximum atomic E-state index is 7.56. The quantitative estimate of drug-likeness (QED) is 0.519. The molecule has 0 spiro atoms. The van der Waals surface area contributed by atoms with Crippen LogP contribution in [0.3, 0.4) is 0 Å². The van der Waals surface area contributed by atoms with Crippen molar-refractivity contribution in [2.24, 2.45) is 5.41 Å². The highest BCUT2D eigenvalue weighted by molar-refractivity contribution is 5.74. The standard InChI is InChI=1S/C14H20N2/c1-4-6-7-8-13(16-3)12-9-10-14(12,5-2)11-15/h4,6-9,11,15-16H,1,5,10H2,2-3H3/b7-6-,13-8-,15-11?. The zero-order valence-corrected chi connectivity index (χ0v) is 10.1. The van der Waals surface area contributed by atoms with Crippen LogP contribution in [0, 0.1) is 10.8 Å². The monoisotopic (exact) mass is 216 g/mol. The Balaban J connectivity index is 2.91. The van der Waals surface area contributed by atoms with E-state index in [1.807, 2.05) is 25.3 Å². The molecule has 0 aromatic carbocycles. The van der Waals surface area contributed by atoms with Gasteiger partial charge in [0.2, 0.25) is 0 Å². The van der Waals surface area contributed by atoms with Crippen molar-refractivity contribution < 1.29 is 0 Å². The topological polar surface area (TPSA) is 35.9 Å². The summed E-state index contributed by atoms with van der Waals surface area (Å²) < 4.78 is 0. The van der Waals surface area contributed by atoms with E-state index in [4.69, 9.17) is 5.41 Å². The molecule has 1 rings (SSSR count). The molecular weight excluding hydrogens is 196 g/mol. The second kappa shape index (κ2) is 5.50. The van der Waals surface area contributed by atoms with E-state index < -0.39 is 0 Å². The summed E-state index contributed by atoms with van der Waals surface area (Å²) in [5.41, 5.74) is 2.28. The fraction of sp³-hybridized carbons (Fsp3) is 0.357. The third kappa shape index (κ3) is 2.16. The van der Waals surface area contributed by atoms with Crippen molar-refractivity contribution in [1.82, 2.24) is 5.32 Å². The summed E-state index contributed by atoms with van der Waals surface area (Å²) in [7, 11) is 1.91. The van der Waals surface area contributed by atoms with Gasteiger partial charge in [0.25, 0.3) is 0 Å². The minimum Gasteiger partial charge on any atom is -0.388 e. The lowest BCUT2D eigenvalue weighted by Crippen LogP contribution is -2.34. The van der Waals surface area contributed by atoms with Crippen LogP contribution in [-0.4, -0.2) is 13.3 Å². The first-order valence-electron chi connectivity index (χ1n) is 5.64. The molecule has 0 aromatic heterocycles. The molecule has 0 fully saturated rings. The van der Waals surface area contributed by atoms with Crippen LogP contribution < -0.4 is 5.32 Å². The molecule has 1 atom stereocenters. The molecule has 2 heteroatoms. The van der Waals surface area contributed by atoms with Gasteiger partial charge >= 0.3 is 0 Å². The maximum Gasteiger partial charge on any atom is 0.0376 e. The van der Waals surface area contributed by atoms with Gasteiger partial charge in [0.1, 0.15) is 0 Å². The SMILES string of the molecule is C=C/C=C\C=C(/NC)C1=CCC1(C=N)CC. The molecule has 0 aliphatic heterocycles. The van der Waals surface area contributed by atoms with Crippen molar-refractivity contribution in [1.29, 1.82) is 5.41 Å². The fourth-order valence-corrected chi connectivity index (χ4v) is 1.96. The second-order valence-corrected chi connectivity index (χ2v) is 3.93. The minimum atomic E-state index is -0.0448. The zero-order chi connectivity index (χ0) is 12.0. The van der Waals surface area contributed by atoms with E-state index >= 15 is 0 Å². The summed E-state index contributed by atoms with van der Waals surface area (Å²) in [5, 5.41) is 10.8. The van der Waals surface area contributed by atoms with Crippen molar-refractivity contribution in [3.63, 3.8) is 0 Å². The summed E-state index contributed by atoms with van der Waals surface area (Å²) in [5.74, 6) is 0. The number of likely N-dealkylation sites (N-methyl/N-ethyl adjacent to an activating group) is 1. The zero-order valence-electron chi connectivity index (χ0n) is 10.1. The summed E-state index contributed by atoms with van der Waals surface area (Å²) in [4.78, 5) is 0. The van der Waals surface area contributed by atoms with Crippen LogP contribution >= 0.6 is 0 Å². The van der Waals surface area contributed by atoms with E-state index in [1.54, 1.807) is 12.3 Å². The predicted octanol–water partition coefficient (Wildman–Crippen LogP) is 3.21. The Morgan fingerprint density at radius 2 is 2.38 bits per heavy atom. The van der Waals surface area contributed by atoms with Crippen molar-refractivity contribution in [2.45, 2.75) is 19.8 Å². The Morgan fingerprint density at radius 3 is 2.75 bits per heavy atom. The highest BCUT2D eigenvalue weighted by Gasteiger charge is 2.37. The van der Waals surface area contributed by atoms with Gasteiger partial charge in [-0.15, -0.1) is 0 Å². The van der Waals surface area contributed by atoms with Crippen molar-refractivity contribution in [3.05, 3.63) is 48.2 Å². The molecule has 1 aliphatic rings. The minimum absolute atomic E-state index is 0.0448. The van der Waals surface area contributed by atoms with Crippen LogP contribution in [0.5, 0.6) is 0 Å². The molecule has 0 bridgehead atoms. The van der Waals surface area contributed by atoms with Gasteiger partial charge in [0.15, 0.2) is 0 Å². The van der Waals surface area contributed by atoms with Gasteiger partial charge in [-0.05, 0) is 24.5 Å². The van der Waals surface area contributed by atoms with E-state index in [1.165, 1.54) is 5.57 Å². The Labute approximate surface area is 98.0 Å². The van der Waals surface area contributed by atoms with E-state index in [0.29, 0.717) is 0 Å². The molecule has 2 N–H and O–H groups in total. The average molecular weight is 216 g/mol. The number of allylic oxidation sites excluding steroid dienone is 6. The first-order chi connectivity index (χ1) is 7.74. The van der Waals surface area contributed by atoms with Gasteiger partial charge in [-0.1, -0.05) is 37.8 Å². The molecule has 0 heterocycles. The van der Waals surface area contributed by atoms with Gasteiger partial charge in [-0.3, -0.25) is 0 Å². The molecule has 1 aliphatic carbocycles. The van der Waals surface area contributed by atoms with Crippen LogP contribution in [0.1, 0.15) is 19.8 Å². The van der Waals surface area contributed by atoms with Crippen molar-refractivity contribution >= 4 is 6.21 Å². The lowest BCUT2D eigenvalue weighted by atomic mass is 9.66. The Hall–Kier alpha value is -1.57. The van der Waals surface area contributed by atoms with Gasteiger partial charge in [-0.2, -0.15) is 0 Å². The molecule has 1 unspecified atom stereocenters. The molecule has 86 valence electrons. The molecule has 0 amide bonds. The van der Waals surface area contributed by atoms with Crippen LogP contribution in [-0.2, 0) is 0 Å². The number of hydrogen-bond acceptors (Lipinski definition) is 2. The summed E-state index contributed by atoms with van der Waals surface area (Å²) >= 11 is 0. The van der Waals surface area contributed by atoms with Gasteiger partial charge < -0.3 is 10.7 Å². The van der Waals surface area contributed by atoms with Crippen molar-refractivity contribution in [3.8, 4) is 0 Å². The maximum absolute atomic E-state index is 7.56. The summed E-state index contributed by atoms with van der Waals surface area (Å²) in [6.45, 7) is 5.77. The normalized spacial score (nSPS) is 24.9. The number of rotatable bonds is 6. The van der Waals surface area contributed by atoms with Gasteiger partial charge in [0.05, 0.1) is 0 Å². The molecule has 0 saturated heterocycles. The lowest BCUT2D eigenvalue weighted by molar-refractivity contribution is 0.447. The molecular formula is C14H20N2. The average Bonchev–Trinajstić information content (AvgIpc) is 2.28. The highest BCUT2D eigenvalue weighted by Crippen LogP contribution is 2.45. The largest absolute Gasteiger partial charge is 0.388 e. The Morgan fingerprint density at radius 1 is 1.62 bits per heavy atom. The molecule has 0 saturated carbocycles. The van der Waals surface area contributed by atoms with Crippen LogP contribution in [0.4, 0.5) is 0 Å². The molecule has 0 radical (unpaired) electrons. The first kappa shape index (κ1) is 12.5. The third-order valence-electron chi connectivity index (χ3n) is 3.18. The molecule has 2 nitrogen and oxygen atoms in total. The Bertz CT molecular complexity index is 361. The third-order valence-corrected chi connectivity index (χ3v) is 3.18. The summed E-state index contributed by atoms with van der Waals surface area (Å²) in [6, 6.07) is 0. The first-order valence-corrected chi connectivity index (χ1v) is 5.64. The summed E-state index contributed by atoms with van der Waals surface area (Å²) in [6.07, 6.45) is 13.4. The fourth-order valence-electron chi connectivity index (χ4n) is 1.96. The smallest absolute Gasteiger partial charge is 0.0376 e. The lowest BCUT2D eigenvalue weighted by Gasteiger charge is -2.39. The number of hydrogen-bond donors (Lipinski definition) is 2. The van der Waals surface area contributed by atoms with Gasteiger partial charge in [0, 0.05) is 24.4 Å². The molecule has 16 heavy (non-hydrogen) atoms. The van der Waals surface area contributed by atoms with E-state index in [-0.39, 0.29) is 5.41 Å². The number of nitrogens with one attached hydrogen (secondary N) is 2. The van der Waals surface area contributed by atoms with Crippen LogP contribution in [0.15, 0.2) is 48.2 Å². The van der Waals surface area contributed by atoms with Gasteiger partial charge in [-0.25, -0.2) is 0 Å². The second-order valence-electron chi connectivity index (χ2n) is 3.93. The van der Waals surface area contributed by atoms with E-state index in [0.717, 1.165) is 18.5 Å². The predicted molar refractivity (Wildman–Crippen MR) is 70.7 cm³/mol. The molecule has 0 aromatic rings. The van der Waals surface area contributed by atoms with E-state index in [2.05, 4.69) is 24.9 Å². The Kier molecular flexibility index (Phi) is 4.29. The van der Waals surface area contributed by atoms with E-state index in [9.17, 15) is 0 Å². The van der Waals surface area contributed by atoms with Crippen molar-refractivity contribution in [2.75, 3.05) is 7.05 Å². The highest BCUT2D eigenvalue weighted by atomic mass is 14.8. The van der Waals surface area contributed by atoms with Crippen LogP contribution in [0.2, 0.25) is 0 Å². The van der Waals surface area contributed by atoms with Crippen LogP contribution in [0.25, 0.3) is 0 Å².